The number of ether oxygens (including phenoxy) is 2. The highest BCUT2D eigenvalue weighted by atomic mass is 35.5. The first kappa shape index (κ1) is 25.0. The Morgan fingerprint density at radius 1 is 1.29 bits per heavy atom. The van der Waals surface area contributed by atoms with Crippen LogP contribution in [0.2, 0.25) is 0 Å². The van der Waals surface area contributed by atoms with Gasteiger partial charge in [-0.3, -0.25) is 4.79 Å². The number of rotatable bonds is 9. The summed E-state index contributed by atoms with van der Waals surface area (Å²) >= 11 is 0. The summed E-state index contributed by atoms with van der Waals surface area (Å²) in [5.74, 6) is 1.31. The van der Waals surface area contributed by atoms with Crippen molar-refractivity contribution in [2.75, 3.05) is 34.4 Å². The third kappa shape index (κ3) is 9.82. The van der Waals surface area contributed by atoms with E-state index in [-0.39, 0.29) is 36.8 Å². The maximum Gasteiger partial charge on any atom is 0.221 e. The Morgan fingerprint density at radius 2 is 1.96 bits per heavy atom. The van der Waals surface area contributed by atoms with Gasteiger partial charge in [0.1, 0.15) is 6.61 Å². The van der Waals surface area contributed by atoms with E-state index in [2.05, 4.69) is 10.2 Å². The molecule has 3 N–H and O–H groups in total. The van der Waals surface area contributed by atoms with Crippen molar-refractivity contribution in [3.8, 4) is 11.5 Å². The molecule has 1 atom stereocenters. The Labute approximate surface area is 156 Å². The van der Waals surface area contributed by atoms with Gasteiger partial charge in [0.05, 0.1) is 7.11 Å². The minimum atomic E-state index is -0.137. The van der Waals surface area contributed by atoms with E-state index in [0.717, 1.165) is 12.1 Å². The van der Waals surface area contributed by atoms with Gasteiger partial charge in [-0.25, -0.2) is 0 Å². The van der Waals surface area contributed by atoms with Gasteiger partial charge in [0.15, 0.2) is 11.5 Å². The Hall–Kier alpha value is -1.21. The van der Waals surface area contributed by atoms with Crippen LogP contribution < -0.4 is 20.5 Å². The Bertz CT molecular complexity index is 486. The van der Waals surface area contributed by atoms with Gasteiger partial charge in [-0.05, 0) is 38.7 Å². The van der Waals surface area contributed by atoms with Crippen LogP contribution in [0.3, 0.4) is 0 Å². The molecular formula is C16H29Cl2N3O3. The fourth-order valence-electron chi connectivity index (χ4n) is 1.84. The van der Waals surface area contributed by atoms with Crippen LogP contribution in [0.5, 0.6) is 11.5 Å². The molecule has 6 nitrogen and oxygen atoms in total. The quantitative estimate of drug-likeness (QED) is 0.682. The smallest absolute Gasteiger partial charge is 0.221 e. The normalized spacial score (nSPS) is 11.1. The molecule has 0 bridgehead atoms. The number of carbonyl (C=O) groups excluding carboxylic acids is 1. The zero-order valence-electron chi connectivity index (χ0n) is 14.7. The average Bonchev–Trinajstić information content (AvgIpc) is 2.44. The molecule has 1 aromatic carbocycles. The van der Waals surface area contributed by atoms with Crippen LogP contribution in [-0.2, 0) is 11.3 Å². The SMILES string of the molecule is COc1cc(CNC(=O)CC(C)N)ccc1OCCN(C)C.Cl.Cl. The van der Waals surface area contributed by atoms with Crippen LogP contribution in [0.15, 0.2) is 18.2 Å². The number of carbonyl (C=O) groups is 1. The van der Waals surface area contributed by atoms with E-state index in [9.17, 15) is 4.79 Å². The second-order valence-electron chi connectivity index (χ2n) is 5.60. The van der Waals surface area contributed by atoms with Crippen LogP contribution in [-0.4, -0.2) is 51.2 Å². The summed E-state index contributed by atoms with van der Waals surface area (Å²) in [5, 5.41) is 2.84. The molecule has 1 amide bonds. The lowest BCUT2D eigenvalue weighted by molar-refractivity contribution is -0.121. The second-order valence-corrected chi connectivity index (χ2v) is 5.60. The third-order valence-electron chi connectivity index (χ3n) is 3.02. The molecule has 8 heteroatoms. The van der Waals surface area contributed by atoms with E-state index >= 15 is 0 Å². The Morgan fingerprint density at radius 3 is 2.50 bits per heavy atom. The van der Waals surface area contributed by atoms with E-state index in [0.29, 0.717) is 31.1 Å². The number of amides is 1. The number of halogens is 2. The molecule has 0 saturated heterocycles. The largest absolute Gasteiger partial charge is 0.493 e. The number of hydrogen-bond donors (Lipinski definition) is 2. The van der Waals surface area contributed by atoms with Crippen LogP contribution in [0.25, 0.3) is 0 Å². The van der Waals surface area contributed by atoms with Gasteiger partial charge in [0.2, 0.25) is 5.91 Å². The first-order valence-electron chi connectivity index (χ1n) is 7.39. The van der Waals surface area contributed by atoms with Crippen molar-refractivity contribution in [3.63, 3.8) is 0 Å². The predicted molar refractivity (Wildman–Crippen MR) is 102 cm³/mol. The van der Waals surface area contributed by atoms with Crippen molar-refractivity contribution in [2.24, 2.45) is 5.73 Å². The summed E-state index contributed by atoms with van der Waals surface area (Å²) in [6.45, 7) is 3.68. The molecule has 0 spiro atoms. The minimum Gasteiger partial charge on any atom is -0.493 e. The van der Waals surface area contributed by atoms with Gasteiger partial charge >= 0.3 is 0 Å². The standard InChI is InChI=1S/C16H27N3O3.2ClH/c1-12(17)9-16(20)18-11-13-5-6-14(15(10-13)21-4)22-8-7-19(2)3;;/h5-6,10,12H,7-9,11,17H2,1-4H3,(H,18,20);2*1H. The Kier molecular flexibility index (Phi) is 13.7. The molecule has 0 aliphatic carbocycles. The third-order valence-corrected chi connectivity index (χ3v) is 3.02. The molecule has 0 radical (unpaired) electrons. The molecule has 0 heterocycles. The maximum absolute atomic E-state index is 11.6. The first-order chi connectivity index (χ1) is 10.4. The highest BCUT2D eigenvalue weighted by Crippen LogP contribution is 2.28. The fourth-order valence-corrected chi connectivity index (χ4v) is 1.84. The van der Waals surface area contributed by atoms with E-state index in [4.69, 9.17) is 15.2 Å². The summed E-state index contributed by atoms with van der Waals surface area (Å²) in [4.78, 5) is 13.7. The van der Waals surface area contributed by atoms with E-state index in [1.165, 1.54) is 0 Å². The van der Waals surface area contributed by atoms with Crippen molar-refractivity contribution >= 4 is 30.7 Å². The molecule has 0 aromatic heterocycles. The summed E-state index contributed by atoms with van der Waals surface area (Å²) in [6.07, 6.45) is 0.322. The molecule has 24 heavy (non-hydrogen) atoms. The number of nitrogens with zero attached hydrogens (tertiary/aromatic N) is 1. The van der Waals surface area contributed by atoms with Gasteiger partial charge in [0.25, 0.3) is 0 Å². The van der Waals surface area contributed by atoms with Crippen molar-refractivity contribution in [2.45, 2.75) is 25.9 Å². The molecule has 0 aliphatic heterocycles. The maximum atomic E-state index is 11.6. The highest BCUT2D eigenvalue weighted by Gasteiger charge is 2.08. The van der Waals surface area contributed by atoms with Crippen molar-refractivity contribution < 1.29 is 14.3 Å². The average molecular weight is 382 g/mol. The molecule has 1 aromatic rings. The van der Waals surface area contributed by atoms with E-state index < -0.39 is 0 Å². The van der Waals surface area contributed by atoms with Gasteiger partial charge in [0, 0.05) is 25.6 Å². The number of hydrogen-bond acceptors (Lipinski definition) is 5. The van der Waals surface area contributed by atoms with Crippen LogP contribution in [0.1, 0.15) is 18.9 Å². The number of methoxy groups -OCH3 is 1. The zero-order chi connectivity index (χ0) is 16.5. The first-order valence-corrected chi connectivity index (χ1v) is 7.39. The predicted octanol–water partition coefficient (Wildman–Crippen LogP) is 1.83. The monoisotopic (exact) mass is 381 g/mol. The lowest BCUT2D eigenvalue weighted by atomic mass is 10.2. The van der Waals surface area contributed by atoms with Crippen molar-refractivity contribution in [1.29, 1.82) is 0 Å². The topological polar surface area (TPSA) is 76.8 Å². The van der Waals surface area contributed by atoms with Gasteiger partial charge in [-0.1, -0.05) is 6.07 Å². The van der Waals surface area contributed by atoms with Gasteiger partial charge in [-0.2, -0.15) is 0 Å². The van der Waals surface area contributed by atoms with Crippen LogP contribution in [0, 0.1) is 0 Å². The van der Waals surface area contributed by atoms with Gasteiger partial charge < -0.3 is 25.4 Å². The lowest BCUT2D eigenvalue weighted by Crippen LogP contribution is -2.29. The number of nitrogens with two attached hydrogens (primary N) is 1. The molecule has 1 rings (SSSR count). The zero-order valence-corrected chi connectivity index (χ0v) is 16.3. The molecule has 0 aliphatic rings. The summed E-state index contributed by atoms with van der Waals surface area (Å²) in [5.41, 5.74) is 6.55. The Balaban J connectivity index is 0. The molecule has 1 unspecified atom stereocenters. The van der Waals surface area contributed by atoms with Crippen LogP contribution >= 0.6 is 24.8 Å². The summed E-state index contributed by atoms with van der Waals surface area (Å²) in [7, 11) is 5.59. The molecule has 0 fully saturated rings. The highest BCUT2D eigenvalue weighted by molar-refractivity contribution is 5.85. The molecule has 140 valence electrons. The fraction of sp³-hybridized carbons (Fsp3) is 0.562. The van der Waals surface area contributed by atoms with Crippen LogP contribution in [0.4, 0.5) is 0 Å². The van der Waals surface area contributed by atoms with E-state index in [1.807, 2.05) is 39.2 Å². The van der Waals surface area contributed by atoms with E-state index in [1.54, 1.807) is 7.11 Å². The van der Waals surface area contributed by atoms with Crippen molar-refractivity contribution in [1.82, 2.24) is 10.2 Å². The number of benzene rings is 1. The minimum absolute atomic E-state index is 0. The molecular weight excluding hydrogens is 353 g/mol. The number of likely N-dealkylation sites (N-methyl/N-ethyl adjacent to an activating group) is 1. The molecule has 0 saturated carbocycles. The second kappa shape index (κ2) is 13.1. The number of nitrogens with one attached hydrogen (secondary N) is 1. The summed E-state index contributed by atoms with van der Waals surface area (Å²) < 4.78 is 11.0. The lowest BCUT2D eigenvalue weighted by Gasteiger charge is -2.14. The van der Waals surface area contributed by atoms with Gasteiger partial charge in [-0.15, -0.1) is 24.8 Å². The van der Waals surface area contributed by atoms with Crippen molar-refractivity contribution in [3.05, 3.63) is 23.8 Å². The summed E-state index contributed by atoms with van der Waals surface area (Å²) in [6, 6.07) is 5.51.